The molecule has 0 unspecified atom stereocenters. The number of nitrogens with zero attached hydrogens (tertiary/aromatic N) is 3. The van der Waals surface area contributed by atoms with Crippen molar-refractivity contribution in [3.05, 3.63) is 52.0 Å². The minimum Gasteiger partial charge on any atom is -0.397 e. The molecule has 140 valence electrons. The molecule has 4 rings (SSSR count). The Kier molecular flexibility index (Phi) is 4.36. The zero-order valence-electron chi connectivity index (χ0n) is 15.4. The van der Waals surface area contributed by atoms with E-state index in [4.69, 9.17) is 5.73 Å². The number of thiophene rings is 1. The summed E-state index contributed by atoms with van der Waals surface area (Å²) in [5.41, 5.74) is 8.59. The van der Waals surface area contributed by atoms with Gasteiger partial charge in [0, 0.05) is 18.5 Å². The van der Waals surface area contributed by atoms with E-state index in [1.807, 2.05) is 44.2 Å². The third-order valence-electron chi connectivity index (χ3n) is 5.52. The Balaban J connectivity index is 1.58. The van der Waals surface area contributed by atoms with Gasteiger partial charge in [0.15, 0.2) is 0 Å². The summed E-state index contributed by atoms with van der Waals surface area (Å²) in [5.74, 6) is -0.0948. The molecule has 3 aromatic rings. The standard InChI is InChI=1S/C20H22N4O2S/c1-12-13(2)22-23-18-15(12)16(21)17(27-18)19(25)24-10-8-20(26,9-11-24)14-6-4-3-5-7-14/h3-7,26H,8-11,21H2,1-2H3. The van der Waals surface area contributed by atoms with Crippen LogP contribution in [0.15, 0.2) is 30.3 Å². The third-order valence-corrected chi connectivity index (χ3v) is 6.60. The highest BCUT2D eigenvalue weighted by Gasteiger charge is 2.36. The molecule has 1 amide bonds. The van der Waals surface area contributed by atoms with Gasteiger partial charge in [0.05, 0.1) is 17.0 Å². The maximum Gasteiger partial charge on any atom is 0.266 e. The number of piperidine rings is 1. The number of nitrogens with two attached hydrogens (primary N) is 1. The lowest BCUT2D eigenvalue weighted by Crippen LogP contribution is -2.45. The van der Waals surface area contributed by atoms with Crippen molar-refractivity contribution in [1.29, 1.82) is 0 Å². The van der Waals surface area contributed by atoms with Gasteiger partial charge in [-0.3, -0.25) is 4.79 Å². The molecule has 1 saturated heterocycles. The minimum atomic E-state index is -0.886. The van der Waals surface area contributed by atoms with Gasteiger partial charge in [0.1, 0.15) is 9.71 Å². The first kappa shape index (κ1) is 17.9. The Hall–Kier alpha value is -2.51. The summed E-state index contributed by atoms with van der Waals surface area (Å²) in [4.78, 5) is 16.0. The number of fused-ring (bicyclic) bond motifs is 1. The van der Waals surface area contributed by atoms with Gasteiger partial charge < -0.3 is 15.7 Å². The van der Waals surface area contributed by atoms with Crippen molar-refractivity contribution >= 4 is 33.1 Å². The lowest BCUT2D eigenvalue weighted by Gasteiger charge is -2.38. The second-order valence-electron chi connectivity index (χ2n) is 7.13. The predicted octanol–water partition coefficient (Wildman–Crippen LogP) is 3.01. The Morgan fingerprint density at radius 1 is 1.19 bits per heavy atom. The van der Waals surface area contributed by atoms with E-state index in [-0.39, 0.29) is 5.91 Å². The lowest BCUT2D eigenvalue weighted by atomic mass is 9.84. The molecule has 3 heterocycles. The molecule has 6 nitrogen and oxygen atoms in total. The number of benzene rings is 1. The van der Waals surface area contributed by atoms with Crippen molar-refractivity contribution in [1.82, 2.24) is 15.1 Å². The van der Waals surface area contributed by atoms with Gasteiger partial charge in [-0.05, 0) is 37.8 Å². The number of rotatable bonds is 2. The van der Waals surface area contributed by atoms with Crippen LogP contribution in [0.2, 0.25) is 0 Å². The van der Waals surface area contributed by atoms with Crippen LogP contribution < -0.4 is 5.73 Å². The first-order valence-corrected chi connectivity index (χ1v) is 9.81. The SMILES string of the molecule is Cc1nnc2sc(C(=O)N3CCC(O)(c4ccccc4)CC3)c(N)c2c1C. The molecular formula is C20H22N4O2S. The van der Waals surface area contributed by atoms with Crippen molar-refractivity contribution in [3.8, 4) is 0 Å². The number of likely N-dealkylation sites (tertiary alicyclic amines) is 1. The molecule has 0 aliphatic carbocycles. The molecule has 2 aromatic heterocycles. The van der Waals surface area contributed by atoms with Gasteiger partial charge in [-0.2, -0.15) is 5.10 Å². The second kappa shape index (κ2) is 6.58. The quantitative estimate of drug-likeness (QED) is 0.711. The monoisotopic (exact) mass is 382 g/mol. The van der Waals surface area contributed by atoms with Gasteiger partial charge in [0.25, 0.3) is 5.91 Å². The summed E-state index contributed by atoms with van der Waals surface area (Å²) in [5, 5.41) is 20.1. The van der Waals surface area contributed by atoms with E-state index >= 15 is 0 Å². The fourth-order valence-electron chi connectivity index (χ4n) is 3.66. The molecule has 7 heteroatoms. The average Bonchev–Trinajstić information content (AvgIpc) is 3.03. The first-order chi connectivity index (χ1) is 12.9. The molecule has 0 spiro atoms. The van der Waals surface area contributed by atoms with E-state index in [2.05, 4.69) is 10.2 Å². The maximum atomic E-state index is 13.1. The largest absolute Gasteiger partial charge is 0.397 e. The molecule has 0 bridgehead atoms. The second-order valence-corrected chi connectivity index (χ2v) is 8.12. The van der Waals surface area contributed by atoms with Crippen LogP contribution in [0, 0.1) is 13.8 Å². The zero-order valence-corrected chi connectivity index (χ0v) is 16.2. The Morgan fingerprint density at radius 2 is 1.85 bits per heavy atom. The highest BCUT2D eigenvalue weighted by Crippen LogP contribution is 2.37. The summed E-state index contributed by atoms with van der Waals surface area (Å²) >= 11 is 1.29. The van der Waals surface area contributed by atoms with Gasteiger partial charge in [-0.1, -0.05) is 30.3 Å². The van der Waals surface area contributed by atoms with Crippen LogP contribution in [0.1, 0.15) is 39.3 Å². The topological polar surface area (TPSA) is 92.3 Å². The number of carbonyl (C=O) groups is 1. The summed E-state index contributed by atoms with van der Waals surface area (Å²) in [6.45, 7) is 4.81. The maximum absolute atomic E-state index is 13.1. The van der Waals surface area contributed by atoms with Crippen molar-refractivity contribution in [2.45, 2.75) is 32.3 Å². The van der Waals surface area contributed by atoms with Crippen LogP contribution in [0.3, 0.4) is 0 Å². The molecular weight excluding hydrogens is 360 g/mol. The number of amides is 1. The van der Waals surface area contributed by atoms with Crippen molar-refractivity contribution in [2.24, 2.45) is 0 Å². The minimum absolute atomic E-state index is 0.0948. The molecule has 3 N–H and O–H groups in total. The number of aryl methyl sites for hydroxylation is 2. The molecule has 0 radical (unpaired) electrons. The van der Waals surface area contributed by atoms with Crippen LogP contribution in [0.4, 0.5) is 5.69 Å². The average molecular weight is 382 g/mol. The summed E-state index contributed by atoms with van der Waals surface area (Å²) in [6, 6.07) is 9.65. The van der Waals surface area contributed by atoms with Gasteiger partial charge in [-0.25, -0.2) is 0 Å². The smallest absolute Gasteiger partial charge is 0.266 e. The predicted molar refractivity (Wildman–Crippen MR) is 107 cm³/mol. The van der Waals surface area contributed by atoms with E-state index in [1.54, 1.807) is 4.90 Å². The Morgan fingerprint density at radius 3 is 2.52 bits per heavy atom. The normalized spacial score (nSPS) is 16.6. The Labute approximate surface area is 161 Å². The van der Waals surface area contributed by atoms with Crippen LogP contribution in [0.5, 0.6) is 0 Å². The van der Waals surface area contributed by atoms with E-state index in [0.717, 1.165) is 22.2 Å². The molecule has 1 aliphatic rings. The van der Waals surface area contributed by atoms with Gasteiger partial charge in [-0.15, -0.1) is 16.4 Å². The van der Waals surface area contributed by atoms with E-state index in [0.29, 0.717) is 41.3 Å². The fraction of sp³-hybridized carbons (Fsp3) is 0.350. The molecule has 0 saturated carbocycles. The zero-order chi connectivity index (χ0) is 19.2. The number of anilines is 1. The van der Waals surface area contributed by atoms with E-state index in [1.165, 1.54) is 11.3 Å². The third kappa shape index (κ3) is 2.96. The number of hydrogen-bond donors (Lipinski definition) is 2. The number of hydrogen-bond acceptors (Lipinski definition) is 6. The molecule has 1 aliphatic heterocycles. The number of nitrogen functional groups attached to an aromatic ring is 1. The highest BCUT2D eigenvalue weighted by molar-refractivity contribution is 7.21. The van der Waals surface area contributed by atoms with Crippen LogP contribution in [-0.4, -0.2) is 39.2 Å². The molecule has 27 heavy (non-hydrogen) atoms. The Bertz CT molecular complexity index is 1010. The highest BCUT2D eigenvalue weighted by atomic mass is 32.1. The molecule has 1 aromatic carbocycles. The van der Waals surface area contributed by atoms with Gasteiger partial charge in [0.2, 0.25) is 0 Å². The van der Waals surface area contributed by atoms with Crippen LogP contribution in [-0.2, 0) is 5.60 Å². The number of carbonyl (C=O) groups excluding carboxylic acids is 1. The van der Waals surface area contributed by atoms with Crippen molar-refractivity contribution in [3.63, 3.8) is 0 Å². The van der Waals surface area contributed by atoms with E-state index < -0.39 is 5.60 Å². The van der Waals surface area contributed by atoms with Crippen molar-refractivity contribution in [2.75, 3.05) is 18.8 Å². The summed E-state index contributed by atoms with van der Waals surface area (Å²) in [7, 11) is 0. The number of aliphatic hydroxyl groups is 1. The van der Waals surface area contributed by atoms with Crippen LogP contribution >= 0.6 is 11.3 Å². The van der Waals surface area contributed by atoms with Crippen molar-refractivity contribution < 1.29 is 9.90 Å². The molecule has 1 fully saturated rings. The fourth-order valence-corrected chi connectivity index (χ4v) is 4.73. The first-order valence-electron chi connectivity index (χ1n) is 9.00. The lowest BCUT2D eigenvalue weighted by molar-refractivity contribution is -0.0210. The molecule has 0 atom stereocenters. The van der Waals surface area contributed by atoms with Crippen LogP contribution in [0.25, 0.3) is 10.2 Å². The summed E-state index contributed by atoms with van der Waals surface area (Å²) < 4.78 is 0. The van der Waals surface area contributed by atoms with Gasteiger partial charge >= 0.3 is 0 Å². The van der Waals surface area contributed by atoms with E-state index in [9.17, 15) is 9.90 Å². The summed E-state index contributed by atoms with van der Waals surface area (Å²) in [6.07, 6.45) is 1.01. The number of aromatic nitrogens is 2.